The molecule has 2 aromatic carbocycles. The van der Waals surface area contributed by atoms with E-state index in [0.717, 1.165) is 0 Å². The fourth-order valence-corrected chi connectivity index (χ4v) is 4.77. The van der Waals surface area contributed by atoms with Gasteiger partial charge < -0.3 is 60.8 Å². The second kappa shape index (κ2) is 10.1. The van der Waals surface area contributed by atoms with E-state index in [1.165, 1.54) is 48.5 Å². The van der Waals surface area contributed by atoms with Crippen LogP contribution in [0.5, 0.6) is 0 Å². The van der Waals surface area contributed by atoms with Crippen molar-refractivity contribution in [3.05, 3.63) is 65.7 Å². The van der Waals surface area contributed by atoms with Gasteiger partial charge in [0.2, 0.25) is 17.3 Å². The summed E-state index contributed by atoms with van der Waals surface area (Å²) >= 11 is 0. The Morgan fingerprint density at radius 3 is 1.92 bits per heavy atom. The first-order chi connectivity index (χ1) is 17.4. The number of benzene rings is 2. The predicted molar refractivity (Wildman–Crippen MR) is 125 cm³/mol. The van der Waals surface area contributed by atoms with Gasteiger partial charge in [0.1, 0.15) is 42.7 Å². The van der Waals surface area contributed by atoms with E-state index in [2.05, 4.69) is 0 Å². The molecule has 2 saturated heterocycles. The number of aliphatic hydroxyl groups is 8. The summed E-state index contributed by atoms with van der Waals surface area (Å²) in [5.74, 6) is -5.07. The fourth-order valence-electron chi connectivity index (χ4n) is 4.77. The van der Waals surface area contributed by atoms with E-state index < -0.39 is 73.2 Å². The Bertz CT molecular complexity index is 1060. The van der Waals surface area contributed by atoms with Gasteiger partial charge in [-0.05, 0) is 12.1 Å². The normalized spacial score (nSPS) is 42.5. The lowest BCUT2D eigenvalue weighted by molar-refractivity contribution is -0.447. The smallest absolute Gasteiger partial charge is 0.242 e. The quantitative estimate of drug-likeness (QED) is 0.131. The number of nitrogens with two attached hydrogens (primary N) is 2. The third kappa shape index (κ3) is 4.42. The average molecular weight is 525 g/mol. The van der Waals surface area contributed by atoms with Crippen LogP contribution in [0.3, 0.4) is 0 Å². The molecular weight excluding hydrogens is 492 g/mol. The van der Waals surface area contributed by atoms with Crippen LogP contribution in [-0.4, -0.2) is 103 Å². The van der Waals surface area contributed by atoms with Crippen molar-refractivity contribution in [1.82, 2.24) is 0 Å². The van der Waals surface area contributed by atoms with Crippen molar-refractivity contribution in [3.63, 3.8) is 0 Å². The van der Waals surface area contributed by atoms with Crippen LogP contribution in [0.15, 0.2) is 54.6 Å². The first-order valence-electron chi connectivity index (χ1n) is 11.6. The van der Waals surface area contributed by atoms with Gasteiger partial charge >= 0.3 is 0 Å². The predicted octanol–water partition coefficient (Wildman–Crippen LogP) is -3.47. The van der Waals surface area contributed by atoms with Gasteiger partial charge in [0.25, 0.3) is 0 Å². The minimum atomic E-state index is -2.89. The highest BCUT2D eigenvalue weighted by Gasteiger charge is 2.67. The van der Waals surface area contributed by atoms with E-state index >= 15 is 0 Å². The number of anilines is 1. The van der Waals surface area contributed by atoms with Gasteiger partial charge in [-0.25, -0.2) is 0 Å². The standard InChI is InChI=1S/C24H32N2O11/c25-14-8-6-12(7-9-14)22(33)20(31)18(30)19(16(11-28)35-22)37-24(13-4-2-1-3-5-13)23(26,34)21(32)17(29)15(10-27)36-24/h1-9,15-21,27-34H,10-11,25-26H2/t15-,16-,17+,18+,19-,20-,21+,22-,23-,24+/m1/s1. The van der Waals surface area contributed by atoms with E-state index in [1.807, 2.05) is 0 Å². The molecule has 0 radical (unpaired) electrons. The summed E-state index contributed by atoms with van der Waals surface area (Å²) < 4.78 is 17.4. The molecular formula is C24H32N2O11. The Morgan fingerprint density at radius 2 is 1.35 bits per heavy atom. The Kier molecular flexibility index (Phi) is 7.62. The topological polar surface area (TPSA) is 242 Å². The molecule has 0 aliphatic carbocycles. The van der Waals surface area contributed by atoms with Crippen molar-refractivity contribution in [2.24, 2.45) is 5.73 Å². The molecule has 10 atom stereocenters. The van der Waals surface area contributed by atoms with Crippen LogP contribution in [-0.2, 0) is 25.8 Å². The maximum atomic E-state index is 11.3. The minimum absolute atomic E-state index is 0.00199. The third-order valence-corrected chi connectivity index (χ3v) is 6.90. The van der Waals surface area contributed by atoms with E-state index in [9.17, 15) is 40.9 Å². The first kappa shape index (κ1) is 27.8. The van der Waals surface area contributed by atoms with Gasteiger partial charge in [-0.1, -0.05) is 42.5 Å². The summed E-state index contributed by atoms with van der Waals surface area (Å²) in [5.41, 5.74) is 9.26. The van der Waals surface area contributed by atoms with Crippen molar-refractivity contribution in [2.45, 2.75) is 60.0 Å². The molecule has 13 heteroatoms. The van der Waals surface area contributed by atoms with Crippen LogP contribution in [0.1, 0.15) is 11.1 Å². The second-order valence-corrected chi connectivity index (χ2v) is 9.26. The molecule has 204 valence electrons. The highest BCUT2D eigenvalue weighted by molar-refractivity contribution is 5.41. The molecule has 4 rings (SSSR count). The molecule has 0 aromatic heterocycles. The van der Waals surface area contributed by atoms with Crippen molar-refractivity contribution < 1.29 is 55.1 Å². The fraction of sp³-hybridized carbons (Fsp3) is 0.500. The third-order valence-electron chi connectivity index (χ3n) is 6.90. The van der Waals surface area contributed by atoms with Crippen molar-refractivity contribution >= 4 is 5.69 Å². The van der Waals surface area contributed by atoms with Crippen LogP contribution < -0.4 is 11.5 Å². The van der Waals surface area contributed by atoms with Crippen LogP contribution in [0.2, 0.25) is 0 Å². The van der Waals surface area contributed by atoms with E-state index in [0.29, 0.717) is 5.69 Å². The van der Waals surface area contributed by atoms with Gasteiger partial charge in [-0.3, -0.25) is 5.73 Å². The molecule has 0 amide bonds. The summed E-state index contributed by atoms with van der Waals surface area (Å²) in [6, 6.07) is 13.1. The zero-order valence-corrected chi connectivity index (χ0v) is 19.6. The van der Waals surface area contributed by atoms with Crippen molar-refractivity contribution in [3.8, 4) is 0 Å². The molecule has 0 bridgehead atoms. The Labute approximate surface area is 211 Å². The Morgan fingerprint density at radius 1 is 0.757 bits per heavy atom. The van der Waals surface area contributed by atoms with Crippen LogP contribution in [0, 0.1) is 0 Å². The monoisotopic (exact) mass is 524 g/mol. The zero-order chi connectivity index (χ0) is 27.2. The van der Waals surface area contributed by atoms with Gasteiger partial charge in [-0.2, -0.15) is 0 Å². The van der Waals surface area contributed by atoms with Crippen molar-refractivity contribution in [2.75, 3.05) is 18.9 Å². The number of nitrogen functional groups attached to an aromatic ring is 1. The molecule has 12 N–H and O–H groups in total. The summed E-state index contributed by atoms with van der Waals surface area (Å²) in [6.07, 6.45) is -12.8. The Hall–Kier alpha value is -2.24. The maximum absolute atomic E-state index is 11.3. The molecule has 2 aliphatic heterocycles. The summed E-state index contributed by atoms with van der Waals surface area (Å²) in [5, 5.41) is 85.4. The zero-order valence-electron chi connectivity index (χ0n) is 19.6. The van der Waals surface area contributed by atoms with Crippen LogP contribution in [0.25, 0.3) is 0 Å². The molecule has 2 heterocycles. The molecule has 2 aliphatic rings. The van der Waals surface area contributed by atoms with E-state index in [1.54, 1.807) is 6.07 Å². The highest BCUT2D eigenvalue weighted by atomic mass is 16.8. The highest BCUT2D eigenvalue weighted by Crippen LogP contribution is 2.47. The molecule has 2 fully saturated rings. The van der Waals surface area contributed by atoms with Gasteiger partial charge in [0.15, 0.2) is 0 Å². The molecule has 0 unspecified atom stereocenters. The van der Waals surface area contributed by atoms with Gasteiger partial charge in [-0.15, -0.1) is 0 Å². The van der Waals surface area contributed by atoms with Gasteiger partial charge in [0.05, 0.1) is 13.2 Å². The summed E-state index contributed by atoms with van der Waals surface area (Å²) in [6.45, 7) is -1.67. The number of hydrogen-bond donors (Lipinski definition) is 10. The number of aliphatic hydroxyl groups excluding tert-OH is 6. The molecule has 37 heavy (non-hydrogen) atoms. The lowest BCUT2D eigenvalue weighted by Crippen LogP contribution is -2.78. The van der Waals surface area contributed by atoms with Crippen molar-refractivity contribution in [1.29, 1.82) is 0 Å². The molecule has 0 saturated carbocycles. The summed E-state index contributed by atoms with van der Waals surface area (Å²) in [4.78, 5) is 0. The average Bonchev–Trinajstić information content (AvgIpc) is 2.90. The number of hydrogen-bond acceptors (Lipinski definition) is 13. The van der Waals surface area contributed by atoms with E-state index in [4.69, 9.17) is 25.7 Å². The largest absolute Gasteiger partial charge is 0.399 e. The van der Waals surface area contributed by atoms with Gasteiger partial charge in [0, 0.05) is 16.8 Å². The Balaban J connectivity index is 1.78. The minimum Gasteiger partial charge on any atom is -0.399 e. The lowest BCUT2D eigenvalue weighted by atomic mass is 9.82. The molecule has 0 spiro atoms. The number of ether oxygens (including phenoxy) is 3. The van der Waals surface area contributed by atoms with Crippen LogP contribution >= 0.6 is 0 Å². The SMILES string of the molecule is Nc1ccc([C@@]2(O)O[C@H](CO)[C@@H](O[C@]3(c4ccccc4)O[C@H](CO)[C@H](O)[C@H](O)[C@@]3(N)O)[C@H](O)[C@H]2O)cc1. The summed E-state index contributed by atoms with van der Waals surface area (Å²) in [7, 11) is 0. The van der Waals surface area contributed by atoms with E-state index in [-0.39, 0.29) is 11.1 Å². The molecule has 13 nitrogen and oxygen atoms in total. The first-order valence-corrected chi connectivity index (χ1v) is 11.6. The maximum Gasteiger partial charge on any atom is 0.242 e. The lowest BCUT2D eigenvalue weighted by Gasteiger charge is -2.56. The molecule has 2 aromatic rings. The second-order valence-electron chi connectivity index (χ2n) is 9.26. The number of rotatable bonds is 6. The van der Waals surface area contributed by atoms with Crippen LogP contribution in [0.4, 0.5) is 5.69 Å².